The van der Waals surface area contributed by atoms with Crippen LogP contribution in [0.5, 0.6) is 0 Å². The Labute approximate surface area is 215 Å². The van der Waals surface area contributed by atoms with Crippen LogP contribution in [0, 0.1) is 5.82 Å². The van der Waals surface area contributed by atoms with E-state index in [0.717, 1.165) is 32.1 Å². The fourth-order valence-electron chi connectivity index (χ4n) is 4.79. The Morgan fingerprint density at radius 2 is 1.89 bits per heavy atom. The number of likely N-dealkylation sites (tertiary alicyclic amines) is 1. The number of fused-ring (bicyclic) bond motifs is 1. The molecular formula is C27H25F4N5O2. The van der Waals surface area contributed by atoms with Gasteiger partial charge in [-0.05, 0) is 85.9 Å². The number of aromatic amines is 1. The summed E-state index contributed by atoms with van der Waals surface area (Å²) in [6.07, 6.45) is -0.376. The SMILES string of the molecule is CN1CCC(NC(=O)c2cc(F)cc(Cn3ccc4cc(-c5cn[nH]c5C(F)(F)F)ccc4c3=O)c2)CC1. The lowest BCUT2D eigenvalue weighted by Gasteiger charge is -2.29. The van der Waals surface area contributed by atoms with Gasteiger partial charge in [-0.2, -0.15) is 18.3 Å². The summed E-state index contributed by atoms with van der Waals surface area (Å²) in [5, 5.41) is 9.21. The molecule has 2 aromatic carbocycles. The summed E-state index contributed by atoms with van der Waals surface area (Å²) >= 11 is 0. The molecule has 0 atom stereocenters. The van der Waals surface area contributed by atoms with Crippen LogP contribution in [0.15, 0.2) is 59.7 Å². The van der Waals surface area contributed by atoms with E-state index in [1.165, 1.54) is 41.1 Å². The van der Waals surface area contributed by atoms with Gasteiger partial charge in [0.05, 0.1) is 12.7 Å². The average Bonchev–Trinajstić information content (AvgIpc) is 3.38. The Kier molecular flexibility index (Phi) is 6.78. The number of rotatable bonds is 5. The monoisotopic (exact) mass is 527 g/mol. The number of amides is 1. The summed E-state index contributed by atoms with van der Waals surface area (Å²) < 4.78 is 55.6. The Bertz CT molecular complexity index is 1550. The van der Waals surface area contributed by atoms with Gasteiger partial charge in [0.15, 0.2) is 0 Å². The summed E-state index contributed by atoms with van der Waals surface area (Å²) in [7, 11) is 2.02. The Morgan fingerprint density at radius 1 is 1.13 bits per heavy atom. The molecule has 0 bridgehead atoms. The molecule has 1 aliphatic heterocycles. The van der Waals surface area contributed by atoms with Crippen molar-refractivity contribution in [2.75, 3.05) is 20.1 Å². The second-order valence-electron chi connectivity index (χ2n) is 9.61. The van der Waals surface area contributed by atoms with Gasteiger partial charge in [0, 0.05) is 28.8 Å². The number of hydrogen-bond donors (Lipinski definition) is 2. The van der Waals surface area contributed by atoms with Crippen LogP contribution in [0.4, 0.5) is 17.6 Å². The molecule has 3 heterocycles. The minimum absolute atomic E-state index is 0.0166. The third-order valence-electron chi connectivity index (χ3n) is 6.84. The quantitative estimate of drug-likeness (QED) is 0.377. The number of aromatic nitrogens is 3. The highest BCUT2D eigenvalue weighted by molar-refractivity contribution is 5.94. The van der Waals surface area contributed by atoms with Gasteiger partial charge in [0.2, 0.25) is 0 Å². The number of alkyl halides is 3. The van der Waals surface area contributed by atoms with Crippen LogP contribution in [-0.2, 0) is 12.7 Å². The van der Waals surface area contributed by atoms with Crippen LogP contribution in [0.1, 0.15) is 34.5 Å². The van der Waals surface area contributed by atoms with Crippen molar-refractivity contribution in [3.8, 4) is 11.1 Å². The highest BCUT2D eigenvalue weighted by Gasteiger charge is 2.36. The van der Waals surface area contributed by atoms with Gasteiger partial charge < -0.3 is 14.8 Å². The lowest BCUT2D eigenvalue weighted by molar-refractivity contribution is -0.140. The molecule has 0 saturated carbocycles. The van der Waals surface area contributed by atoms with E-state index in [1.807, 2.05) is 12.1 Å². The van der Waals surface area contributed by atoms with Crippen molar-refractivity contribution in [1.82, 2.24) is 25.0 Å². The van der Waals surface area contributed by atoms with Crippen molar-refractivity contribution in [2.45, 2.75) is 31.6 Å². The normalized spacial score (nSPS) is 15.2. The molecule has 198 valence electrons. The smallest absolute Gasteiger partial charge is 0.349 e. The van der Waals surface area contributed by atoms with Gasteiger partial charge in [-0.25, -0.2) is 4.39 Å². The van der Waals surface area contributed by atoms with Crippen LogP contribution in [0.2, 0.25) is 0 Å². The number of carbonyl (C=O) groups is 1. The number of carbonyl (C=O) groups excluding carboxylic acids is 1. The Balaban J connectivity index is 1.39. The molecule has 0 aliphatic carbocycles. The molecule has 1 fully saturated rings. The zero-order chi connectivity index (χ0) is 27.0. The maximum atomic E-state index is 14.4. The highest BCUT2D eigenvalue weighted by atomic mass is 19.4. The van der Waals surface area contributed by atoms with E-state index in [-0.39, 0.29) is 40.7 Å². The van der Waals surface area contributed by atoms with E-state index in [4.69, 9.17) is 0 Å². The summed E-state index contributed by atoms with van der Waals surface area (Å²) in [5.41, 5.74) is -0.593. The number of halogens is 4. The van der Waals surface area contributed by atoms with E-state index < -0.39 is 17.7 Å². The lowest BCUT2D eigenvalue weighted by Crippen LogP contribution is -2.43. The number of piperidine rings is 1. The third kappa shape index (κ3) is 5.33. The zero-order valence-electron chi connectivity index (χ0n) is 20.5. The second-order valence-corrected chi connectivity index (χ2v) is 9.61. The van der Waals surface area contributed by atoms with E-state index in [1.54, 1.807) is 12.1 Å². The number of H-pyrrole nitrogens is 1. The highest BCUT2D eigenvalue weighted by Crippen LogP contribution is 2.36. The topological polar surface area (TPSA) is 83.0 Å². The molecule has 0 unspecified atom stereocenters. The first-order chi connectivity index (χ1) is 18.1. The first-order valence-corrected chi connectivity index (χ1v) is 12.1. The summed E-state index contributed by atoms with van der Waals surface area (Å²) in [4.78, 5) is 28.1. The molecule has 11 heteroatoms. The molecule has 2 aromatic heterocycles. The van der Waals surface area contributed by atoms with E-state index in [0.29, 0.717) is 16.3 Å². The molecule has 2 N–H and O–H groups in total. The predicted molar refractivity (Wildman–Crippen MR) is 134 cm³/mol. The van der Waals surface area contributed by atoms with Gasteiger partial charge in [-0.3, -0.25) is 14.7 Å². The van der Waals surface area contributed by atoms with Crippen LogP contribution in [0.25, 0.3) is 21.9 Å². The molecule has 1 aliphatic rings. The fraction of sp³-hybridized carbons (Fsp3) is 0.296. The molecule has 1 amide bonds. The summed E-state index contributed by atoms with van der Waals surface area (Å²) in [5.74, 6) is -0.953. The Morgan fingerprint density at radius 3 is 2.63 bits per heavy atom. The fourth-order valence-corrected chi connectivity index (χ4v) is 4.79. The zero-order valence-corrected chi connectivity index (χ0v) is 20.5. The first-order valence-electron chi connectivity index (χ1n) is 12.1. The largest absolute Gasteiger partial charge is 0.433 e. The standard InChI is InChI=1S/C27H25F4N5O2/c1-35-7-5-21(6-8-35)33-25(37)19-10-16(11-20(28)13-19)15-36-9-4-18-12-17(2-3-22(18)26(36)38)23-14-32-34-24(23)27(29,30)31/h2-4,9-14,21H,5-8,15H2,1H3,(H,32,34)(H,33,37). The van der Waals surface area contributed by atoms with Gasteiger partial charge in [-0.15, -0.1) is 0 Å². The van der Waals surface area contributed by atoms with Crippen molar-refractivity contribution in [3.63, 3.8) is 0 Å². The van der Waals surface area contributed by atoms with Crippen molar-refractivity contribution in [3.05, 3.63) is 87.9 Å². The van der Waals surface area contributed by atoms with Gasteiger partial charge in [0.25, 0.3) is 11.5 Å². The van der Waals surface area contributed by atoms with Crippen molar-refractivity contribution in [1.29, 1.82) is 0 Å². The molecule has 1 saturated heterocycles. The van der Waals surface area contributed by atoms with E-state index in [2.05, 4.69) is 15.3 Å². The molecule has 38 heavy (non-hydrogen) atoms. The lowest BCUT2D eigenvalue weighted by atomic mass is 10.0. The second kappa shape index (κ2) is 10.1. The van der Waals surface area contributed by atoms with E-state index in [9.17, 15) is 27.2 Å². The molecule has 0 radical (unpaired) electrons. The van der Waals surface area contributed by atoms with Crippen LogP contribution in [0.3, 0.4) is 0 Å². The minimum atomic E-state index is -4.60. The number of benzene rings is 2. The molecule has 0 spiro atoms. The van der Waals surface area contributed by atoms with Crippen LogP contribution in [-0.4, -0.2) is 51.8 Å². The minimum Gasteiger partial charge on any atom is -0.349 e. The van der Waals surface area contributed by atoms with Crippen molar-refractivity contribution in [2.24, 2.45) is 0 Å². The van der Waals surface area contributed by atoms with Crippen LogP contribution < -0.4 is 10.9 Å². The molecule has 5 rings (SSSR count). The number of pyridine rings is 1. The molecular weight excluding hydrogens is 502 g/mol. The summed E-state index contributed by atoms with van der Waals surface area (Å²) in [6.45, 7) is 1.76. The molecule has 7 nitrogen and oxygen atoms in total. The number of nitrogens with zero attached hydrogens (tertiary/aromatic N) is 3. The average molecular weight is 528 g/mol. The van der Waals surface area contributed by atoms with Crippen molar-refractivity contribution < 1.29 is 22.4 Å². The van der Waals surface area contributed by atoms with Crippen molar-refractivity contribution >= 4 is 16.7 Å². The summed E-state index contributed by atoms with van der Waals surface area (Å²) in [6, 6.07) is 10.0. The third-order valence-corrected chi connectivity index (χ3v) is 6.84. The van der Waals surface area contributed by atoms with E-state index >= 15 is 0 Å². The van der Waals surface area contributed by atoms with Gasteiger partial charge in [0.1, 0.15) is 11.5 Å². The predicted octanol–water partition coefficient (Wildman–Crippen LogP) is 4.42. The maximum absolute atomic E-state index is 14.4. The maximum Gasteiger partial charge on any atom is 0.433 e. The van der Waals surface area contributed by atoms with Gasteiger partial charge >= 0.3 is 6.18 Å². The molecule has 4 aromatic rings. The number of hydrogen-bond acceptors (Lipinski definition) is 4. The first kappa shape index (κ1) is 25.7. The Hall–Kier alpha value is -3.99. The van der Waals surface area contributed by atoms with Crippen LogP contribution >= 0.6 is 0 Å². The van der Waals surface area contributed by atoms with Gasteiger partial charge in [-0.1, -0.05) is 6.07 Å². The number of nitrogens with one attached hydrogen (secondary N) is 2.